The smallest absolute Gasteiger partial charge is 0.150 e. The molecule has 0 saturated heterocycles. The van der Waals surface area contributed by atoms with Crippen molar-refractivity contribution in [2.75, 3.05) is 0 Å². The van der Waals surface area contributed by atoms with Crippen molar-refractivity contribution in [2.24, 2.45) is 0 Å². The standard InChI is InChI=1S/C11H12O4/c1-2-10(11(13)14)15-9-5-3-4-8(6-9)7-12/h3-7,10H,2H2,1H3,(H,13,14)/p-1. The number of carbonyl (C=O) groups excluding carboxylic acids is 2. The molecule has 0 aliphatic heterocycles. The Balaban J connectivity index is 2.78. The fourth-order valence-corrected chi connectivity index (χ4v) is 1.12. The summed E-state index contributed by atoms with van der Waals surface area (Å²) in [5, 5.41) is 10.6. The molecule has 0 aliphatic carbocycles. The molecule has 0 fully saturated rings. The summed E-state index contributed by atoms with van der Waals surface area (Å²) in [6.07, 6.45) is 0.00687. The minimum absolute atomic E-state index is 0.313. The number of hydrogen-bond donors (Lipinski definition) is 0. The van der Waals surface area contributed by atoms with E-state index in [1.54, 1.807) is 25.1 Å². The van der Waals surface area contributed by atoms with Gasteiger partial charge in [-0.1, -0.05) is 19.1 Å². The summed E-state index contributed by atoms with van der Waals surface area (Å²) in [5.74, 6) is -0.898. The van der Waals surface area contributed by atoms with Gasteiger partial charge in [-0.3, -0.25) is 4.79 Å². The predicted molar refractivity (Wildman–Crippen MR) is 51.5 cm³/mol. The average Bonchev–Trinajstić information content (AvgIpc) is 2.25. The zero-order valence-corrected chi connectivity index (χ0v) is 8.30. The SMILES string of the molecule is CCC(Oc1cccc(C=O)c1)C(=O)[O-]. The van der Waals surface area contributed by atoms with Gasteiger partial charge in [0.05, 0.1) is 5.97 Å². The molecule has 0 saturated carbocycles. The number of rotatable bonds is 5. The molecule has 0 N–H and O–H groups in total. The van der Waals surface area contributed by atoms with E-state index in [4.69, 9.17) is 4.74 Å². The molecule has 4 nitrogen and oxygen atoms in total. The van der Waals surface area contributed by atoms with Gasteiger partial charge >= 0.3 is 0 Å². The predicted octanol–water partition coefficient (Wildman–Crippen LogP) is 0.406. The van der Waals surface area contributed by atoms with Gasteiger partial charge in [-0.05, 0) is 18.6 Å². The van der Waals surface area contributed by atoms with Crippen molar-refractivity contribution in [2.45, 2.75) is 19.4 Å². The summed E-state index contributed by atoms with van der Waals surface area (Å²) in [4.78, 5) is 21.0. The van der Waals surface area contributed by atoms with Gasteiger partial charge in [0.2, 0.25) is 0 Å². The highest BCUT2D eigenvalue weighted by atomic mass is 16.5. The Morgan fingerprint density at radius 3 is 2.87 bits per heavy atom. The van der Waals surface area contributed by atoms with Gasteiger partial charge in [-0.2, -0.15) is 0 Å². The van der Waals surface area contributed by atoms with Crippen LogP contribution in [0.4, 0.5) is 0 Å². The highest BCUT2D eigenvalue weighted by Crippen LogP contribution is 2.14. The van der Waals surface area contributed by atoms with Crippen LogP contribution in [-0.2, 0) is 4.79 Å². The van der Waals surface area contributed by atoms with E-state index in [0.29, 0.717) is 24.0 Å². The number of carboxylic acid groups (broad SMARTS) is 1. The highest BCUT2D eigenvalue weighted by Gasteiger charge is 2.08. The molecular weight excluding hydrogens is 196 g/mol. The number of benzene rings is 1. The highest BCUT2D eigenvalue weighted by molar-refractivity contribution is 5.75. The van der Waals surface area contributed by atoms with Crippen LogP contribution in [0.2, 0.25) is 0 Å². The van der Waals surface area contributed by atoms with Crippen LogP contribution < -0.4 is 9.84 Å². The fourth-order valence-electron chi connectivity index (χ4n) is 1.12. The molecule has 1 rings (SSSR count). The number of carbonyl (C=O) groups is 2. The topological polar surface area (TPSA) is 66.4 Å². The lowest BCUT2D eigenvalue weighted by atomic mass is 10.2. The largest absolute Gasteiger partial charge is 0.546 e. The van der Waals surface area contributed by atoms with E-state index in [1.165, 1.54) is 6.07 Å². The zero-order valence-electron chi connectivity index (χ0n) is 8.30. The van der Waals surface area contributed by atoms with Crippen molar-refractivity contribution in [1.82, 2.24) is 0 Å². The number of ether oxygens (including phenoxy) is 1. The van der Waals surface area contributed by atoms with Crippen LogP contribution >= 0.6 is 0 Å². The number of hydrogen-bond acceptors (Lipinski definition) is 4. The van der Waals surface area contributed by atoms with Gasteiger partial charge in [0, 0.05) is 5.56 Å². The first kappa shape index (κ1) is 11.2. The molecule has 1 atom stereocenters. The van der Waals surface area contributed by atoms with Gasteiger partial charge in [-0.25, -0.2) is 0 Å². The molecule has 0 bridgehead atoms. The molecule has 15 heavy (non-hydrogen) atoms. The summed E-state index contributed by atoms with van der Waals surface area (Å²) in [6.45, 7) is 1.68. The molecule has 1 unspecified atom stereocenters. The Kier molecular flexibility index (Phi) is 3.85. The molecule has 1 aromatic carbocycles. The quantitative estimate of drug-likeness (QED) is 0.656. The number of aldehydes is 1. The van der Waals surface area contributed by atoms with Crippen LogP contribution in [0.25, 0.3) is 0 Å². The molecule has 1 aromatic rings. The van der Waals surface area contributed by atoms with E-state index in [2.05, 4.69) is 0 Å². The summed E-state index contributed by atoms with van der Waals surface area (Å²) in [5.41, 5.74) is 0.445. The van der Waals surface area contributed by atoms with Crippen molar-refractivity contribution in [3.63, 3.8) is 0 Å². The average molecular weight is 207 g/mol. The molecule has 0 aliphatic rings. The molecule has 80 valence electrons. The summed E-state index contributed by atoms with van der Waals surface area (Å²) < 4.78 is 5.15. The van der Waals surface area contributed by atoms with Crippen molar-refractivity contribution in [3.05, 3.63) is 29.8 Å². The Morgan fingerprint density at radius 2 is 2.33 bits per heavy atom. The first-order valence-electron chi connectivity index (χ1n) is 4.60. The first-order chi connectivity index (χ1) is 7.17. The molecule has 0 amide bonds. The first-order valence-corrected chi connectivity index (χ1v) is 4.60. The third-order valence-corrected chi connectivity index (χ3v) is 1.91. The Hall–Kier alpha value is -1.84. The maximum Gasteiger partial charge on any atom is 0.150 e. The summed E-state index contributed by atoms with van der Waals surface area (Å²) >= 11 is 0. The molecule has 0 radical (unpaired) electrons. The van der Waals surface area contributed by atoms with Crippen LogP contribution in [0.1, 0.15) is 23.7 Å². The van der Waals surface area contributed by atoms with Gasteiger partial charge in [-0.15, -0.1) is 0 Å². The van der Waals surface area contributed by atoms with Crippen molar-refractivity contribution >= 4 is 12.3 Å². The van der Waals surface area contributed by atoms with E-state index in [0.717, 1.165) is 0 Å². The summed E-state index contributed by atoms with van der Waals surface area (Å²) in [6, 6.07) is 6.32. The van der Waals surface area contributed by atoms with Crippen molar-refractivity contribution < 1.29 is 19.4 Å². The third-order valence-electron chi connectivity index (χ3n) is 1.91. The van der Waals surface area contributed by atoms with E-state index >= 15 is 0 Å². The van der Waals surface area contributed by atoms with Gasteiger partial charge in [0.1, 0.15) is 18.1 Å². The van der Waals surface area contributed by atoms with Crippen molar-refractivity contribution in [3.8, 4) is 5.75 Å². The van der Waals surface area contributed by atoms with E-state index < -0.39 is 12.1 Å². The number of aliphatic carboxylic acids is 1. The molecule has 0 aromatic heterocycles. The van der Waals surface area contributed by atoms with Crippen LogP contribution in [0.3, 0.4) is 0 Å². The normalized spacial score (nSPS) is 11.8. The summed E-state index contributed by atoms with van der Waals surface area (Å²) in [7, 11) is 0. The fraction of sp³-hybridized carbons (Fsp3) is 0.273. The zero-order chi connectivity index (χ0) is 11.3. The van der Waals surface area contributed by atoms with Crippen LogP contribution in [-0.4, -0.2) is 18.4 Å². The maximum atomic E-state index is 10.6. The lowest BCUT2D eigenvalue weighted by molar-refractivity contribution is -0.313. The lowest BCUT2D eigenvalue weighted by Gasteiger charge is -2.18. The molecule has 0 spiro atoms. The number of carboxylic acids is 1. The van der Waals surface area contributed by atoms with E-state index in [-0.39, 0.29) is 0 Å². The second-order valence-corrected chi connectivity index (χ2v) is 3.02. The van der Waals surface area contributed by atoms with Gasteiger partial charge < -0.3 is 14.6 Å². The molecular formula is C11H11O4-. The molecule has 4 heteroatoms. The minimum atomic E-state index is -1.26. The monoisotopic (exact) mass is 207 g/mol. The van der Waals surface area contributed by atoms with Crippen LogP contribution in [0.5, 0.6) is 5.75 Å². The van der Waals surface area contributed by atoms with E-state index in [9.17, 15) is 14.7 Å². The maximum absolute atomic E-state index is 10.6. The second kappa shape index (κ2) is 5.14. The Bertz CT molecular complexity index is 359. The van der Waals surface area contributed by atoms with Gasteiger partial charge in [0.25, 0.3) is 0 Å². The van der Waals surface area contributed by atoms with Crippen molar-refractivity contribution in [1.29, 1.82) is 0 Å². The molecule has 0 heterocycles. The van der Waals surface area contributed by atoms with Gasteiger partial charge in [0.15, 0.2) is 0 Å². The van der Waals surface area contributed by atoms with Crippen LogP contribution in [0.15, 0.2) is 24.3 Å². The third kappa shape index (κ3) is 3.09. The minimum Gasteiger partial charge on any atom is -0.546 e. The Labute approximate surface area is 87.5 Å². The second-order valence-electron chi connectivity index (χ2n) is 3.02. The lowest BCUT2D eigenvalue weighted by Crippen LogP contribution is -2.39. The Morgan fingerprint density at radius 1 is 1.60 bits per heavy atom. The van der Waals surface area contributed by atoms with E-state index in [1.807, 2.05) is 0 Å². The van der Waals surface area contributed by atoms with Crippen LogP contribution in [0, 0.1) is 0 Å².